The topological polar surface area (TPSA) is 64.9 Å². The van der Waals surface area contributed by atoms with Gasteiger partial charge in [-0.2, -0.15) is 5.26 Å². The molecule has 0 spiro atoms. The summed E-state index contributed by atoms with van der Waals surface area (Å²) in [6.07, 6.45) is 2.18. The number of hydrogen-bond donors (Lipinski definition) is 2. The van der Waals surface area contributed by atoms with Gasteiger partial charge < -0.3 is 10.6 Å². The van der Waals surface area contributed by atoms with E-state index in [2.05, 4.69) is 10.6 Å². The van der Waals surface area contributed by atoms with Gasteiger partial charge in [-0.05, 0) is 18.6 Å². The molecule has 0 heterocycles. The average Bonchev–Trinajstić information content (AvgIpc) is 2.39. The van der Waals surface area contributed by atoms with Crippen molar-refractivity contribution in [2.75, 3.05) is 11.9 Å². The predicted molar refractivity (Wildman–Crippen MR) is 72.1 cm³/mol. The monoisotopic (exact) mass is 263 g/mol. The minimum Gasteiger partial charge on any atom is -0.359 e. The van der Waals surface area contributed by atoms with Crippen LogP contribution in [0, 0.1) is 11.3 Å². The van der Waals surface area contributed by atoms with Gasteiger partial charge in [0.25, 0.3) is 5.91 Å². The van der Waals surface area contributed by atoms with Crippen LogP contribution in [0.1, 0.15) is 13.3 Å². The van der Waals surface area contributed by atoms with E-state index >= 15 is 0 Å². The Morgan fingerprint density at radius 2 is 2.22 bits per heavy atom. The van der Waals surface area contributed by atoms with Gasteiger partial charge in [-0.25, -0.2) is 0 Å². The Bertz CT molecular complexity index is 491. The molecular weight excluding hydrogens is 250 g/mol. The zero-order valence-electron chi connectivity index (χ0n) is 10.0. The van der Waals surface area contributed by atoms with Crippen LogP contribution in [0.3, 0.4) is 0 Å². The van der Waals surface area contributed by atoms with Crippen molar-refractivity contribution >= 4 is 23.2 Å². The molecule has 0 aliphatic heterocycles. The predicted octanol–water partition coefficient (Wildman–Crippen LogP) is 2.69. The highest BCUT2D eigenvalue weighted by atomic mass is 35.5. The lowest BCUT2D eigenvalue weighted by molar-refractivity contribution is -0.117. The molecule has 94 valence electrons. The molecule has 1 amide bonds. The van der Waals surface area contributed by atoms with Crippen molar-refractivity contribution in [2.24, 2.45) is 0 Å². The zero-order chi connectivity index (χ0) is 13.4. The first kappa shape index (κ1) is 14.1. The Hall–Kier alpha value is -1.99. The first-order valence-corrected chi connectivity index (χ1v) is 5.96. The molecule has 1 rings (SSSR count). The van der Waals surface area contributed by atoms with Gasteiger partial charge in [0.2, 0.25) is 0 Å². The van der Waals surface area contributed by atoms with Crippen LogP contribution in [0.2, 0.25) is 5.02 Å². The van der Waals surface area contributed by atoms with E-state index < -0.39 is 0 Å². The third-order valence-corrected chi connectivity index (χ3v) is 2.48. The van der Waals surface area contributed by atoms with Gasteiger partial charge in [-0.1, -0.05) is 30.7 Å². The van der Waals surface area contributed by atoms with Gasteiger partial charge in [-0.3, -0.25) is 4.79 Å². The fourth-order valence-corrected chi connectivity index (χ4v) is 1.40. The molecule has 4 nitrogen and oxygen atoms in total. The lowest BCUT2D eigenvalue weighted by Gasteiger charge is -2.05. The summed E-state index contributed by atoms with van der Waals surface area (Å²) in [5, 5.41) is 14.9. The highest BCUT2D eigenvalue weighted by Crippen LogP contribution is 2.20. The molecule has 1 aromatic carbocycles. The summed E-state index contributed by atoms with van der Waals surface area (Å²) in [7, 11) is 0. The lowest BCUT2D eigenvalue weighted by Crippen LogP contribution is -2.25. The van der Waals surface area contributed by atoms with E-state index in [9.17, 15) is 4.79 Å². The van der Waals surface area contributed by atoms with Gasteiger partial charge >= 0.3 is 0 Å². The Morgan fingerprint density at radius 3 is 2.83 bits per heavy atom. The highest BCUT2D eigenvalue weighted by Gasteiger charge is 2.07. The van der Waals surface area contributed by atoms with Crippen molar-refractivity contribution in [3.63, 3.8) is 0 Å². The van der Waals surface area contributed by atoms with E-state index in [0.717, 1.165) is 6.42 Å². The smallest absolute Gasteiger partial charge is 0.263 e. The molecule has 0 aliphatic carbocycles. The molecule has 2 N–H and O–H groups in total. The molecule has 0 unspecified atom stereocenters. The summed E-state index contributed by atoms with van der Waals surface area (Å²) in [4.78, 5) is 11.6. The van der Waals surface area contributed by atoms with Gasteiger partial charge in [0.05, 0.1) is 10.7 Å². The van der Waals surface area contributed by atoms with E-state index in [-0.39, 0.29) is 11.5 Å². The highest BCUT2D eigenvalue weighted by molar-refractivity contribution is 6.33. The van der Waals surface area contributed by atoms with Crippen LogP contribution in [0.25, 0.3) is 0 Å². The maximum absolute atomic E-state index is 11.6. The summed E-state index contributed by atoms with van der Waals surface area (Å²) in [5.74, 6) is -0.390. The summed E-state index contributed by atoms with van der Waals surface area (Å²) in [6, 6.07) is 8.94. The van der Waals surface area contributed by atoms with Crippen molar-refractivity contribution in [1.29, 1.82) is 5.26 Å². The summed E-state index contributed by atoms with van der Waals surface area (Å²) < 4.78 is 0. The molecule has 5 heteroatoms. The van der Waals surface area contributed by atoms with E-state index in [1.54, 1.807) is 18.2 Å². The second-order valence-electron chi connectivity index (χ2n) is 3.55. The van der Waals surface area contributed by atoms with Crippen LogP contribution in [0.5, 0.6) is 0 Å². The number of rotatable bonds is 5. The second kappa shape index (κ2) is 7.36. The van der Waals surface area contributed by atoms with E-state index in [0.29, 0.717) is 17.3 Å². The normalized spacial score (nSPS) is 10.6. The van der Waals surface area contributed by atoms with E-state index in [1.165, 1.54) is 6.20 Å². The van der Waals surface area contributed by atoms with Crippen LogP contribution >= 0.6 is 11.6 Å². The molecule has 0 bridgehead atoms. The molecule has 1 aromatic rings. The number of carbonyl (C=O) groups is 1. The number of nitrogens with zero attached hydrogens (tertiary/aromatic N) is 1. The molecule has 0 atom stereocenters. The quantitative estimate of drug-likeness (QED) is 0.634. The van der Waals surface area contributed by atoms with Crippen LogP contribution < -0.4 is 10.6 Å². The number of carbonyl (C=O) groups excluding carboxylic acids is 1. The van der Waals surface area contributed by atoms with Crippen LogP contribution in [0.15, 0.2) is 36.0 Å². The van der Waals surface area contributed by atoms with Crippen molar-refractivity contribution in [1.82, 2.24) is 5.32 Å². The first-order valence-electron chi connectivity index (χ1n) is 5.58. The van der Waals surface area contributed by atoms with Gasteiger partial charge in [0.15, 0.2) is 0 Å². The third-order valence-electron chi connectivity index (χ3n) is 2.15. The number of hydrogen-bond acceptors (Lipinski definition) is 3. The molecule has 0 fully saturated rings. The maximum Gasteiger partial charge on any atom is 0.263 e. The second-order valence-corrected chi connectivity index (χ2v) is 3.96. The zero-order valence-corrected chi connectivity index (χ0v) is 10.8. The molecule has 0 saturated carbocycles. The van der Waals surface area contributed by atoms with Crippen LogP contribution in [0.4, 0.5) is 5.69 Å². The number of para-hydroxylation sites is 1. The molecule has 0 aliphatic rings. The number of nitriles is 1. The summed E-state index contributed by atoms with van der Waals surface area (Å²) in [6.45, 7) is 2.49. The standard InChI is InChI=1S/C13H14ClN3O/c1-2-7-16-13(18)10(8-15)9-17-12-6-4-3-5-11(12)14/h3-6,9,17H,2,7H2,1H3,(H,16,18)/b10-9-. The van der Waals surface area contributed by atoms with Crippen molar-refractivity contribution < 1.29 is 4.79 Å². The van der Waals surface area contributed by atoms with Crippen molar-refractivity contribution in [3.05, 3.63) is 41.1 Å². The largest absolute Gasteiger partial charge is 0.359 e. The van der Waals surface area contributed by atoms with Gasteiger partial charge in [-0.15, -0.1) is 0 Å². The van der Waals surface area contributed by atoms with E-state index in [1.807, 2.05) is 19.1 Å². The fraction of sp³-hybridized carbons (Fsp3) is 0.231. The number of benzene rings is 1. The van der Waals surface area contributed by atoms with Crippen molar-refractivity contribution in [2.45, 2.75) is 13.3 Å². The molecular formula is C13H14ClN3O. The Morgan fingerprint density at radius 1 is 1.50 bits per heavy atom. The Kier molecular flexibility index (Phi) is 5.75. The summed E-state index contributed by atoms with van der Waals surface area (Å²) in [5.41, 5.74) is 0.665. The number of anilines is 1. The molecule has 0 aromatic heterocycles. The number of amides is 1. The average molecular weight is 264 g/mol. The maximum atomic E-state index is 11.6. The van der Waals surface area contributed by atoms with Crippen molar-refractivity contribution in [3.8, 4) is 6.07 Å². The first-order chi connectivity index (χ1) is 8.69. The molecule has 18 heavy (non-hydrogen) atoms. The lowest BCUT2D eigenvalue weighted by atomic mass is 10.2. The fourth-order valence-electron chi connectivity index (χ4n) is 1.21. The Balaban J connectivity index is 2.72. The Labute approximate surface area is 111 Å². The molecule has 0 radical (unpaired) electrons. The van der Waals surface area contributed by atoms with E-state index in [4.69, 9.17) is 16.9 Å². The summed E-state index contributed by atoms with van der Waals surface area (Å²) >= 11 is 5.94. The third kappa shape index (κ3) is 4.11. The van der Waals surface area contributed by atoms with Gasteiger partial charge in [0, 0.05) is 12.7 Å². The van der Waals surface area contributed by atoms with Crippen LogP contribution in [-0.2, 0) is 4.79 Å². The number of nitrogens with one attached hydrogen (secondary N) is 2. The van der Waals surface area contributed by atoms with Crippen LogP contribution in [-0.4, -0.2) is 12.5 Å². The van der Waals surface area contributed by atoms with Gasteiger partial charge in [0.1, 0.15) is 11.6 Å². The molecule has 0 saturated heterocycles. The number of halogens is 1. The minimum absolute atomic E-state index is 0.0170. The minimum atomic E-state index is -0.390. The SMILES string of the molecule is CCCNC(=O)/C(C#N)=C\Nc1ccccc1Cl.